The number of halogens is 1. The molecule has 1 saturated heterocycles. The number of rotatable bonds is 2. The van der Waals surface area contributed by atoms with E-state index in [0.29, 0.717) is 0 Å². The van der Waals surface area contributed by atoms with Gasteiger partial charge in [-0.25, -0.2) is 0 Å². The molecule has 0 amide bonds. The van der Waals surface area contributed by atoms with Crippen molar-refractivity contribution in [3.8, 4) is 0 Å². The average molecular weight is 281 g/mol. The fourth-order valence-corrected chi connectivity index (χ4v) is 2.34. The number of anilines is 1. The van der Waals surface area contributed by atoms with E-state index in [1.165, 1.54) is 0 Å². The van der Waals surface area contributed by atoms with Crippen LogP contribution in [0.15, 0.2) is 12.3 Å². The predicted octanol–water partition coefficient (Wildman–Crippen LogP) is 2.27. The van der Waals surface area contributed by atoms with Crippen LogP contribution in [0.25, 0.3) is 10.9 Å². The molecule has 102 valence electrons. The summed E-state index contributed by atoms with van der Waals surface area (Å²) in [6, 6.07) is 1.97. The minimum absolute atomic E-state index is 0.474. The fourth-order valence-electron chi connectivity index (χ4n) is 2.24. The van der Waals surface area contributed by atoms with Crippen LogP contribution in [0.3, 0.4) is 0 Å². The van der Waals surface area contributed by atoms with Crippen molar-refractivity contribution in [3.63, 3.8) is 0 Å². The molecule has 1 aliphatic heterocycles. The van der Waals surface area contributed by atoms with Crippen LogP contribution in [-0.2, 0) is 9.61 Å². The lowest BCUT2D eigenvalue weighted by Crippen LogP contribution is -2.36. The summed E-state index contributed by atoms with van der Waals surface area (Å²) in [7, 11) is 0. The number of hydrogen-bond donors (Lipinski definition) is 1. The summed E-state index contributed by atoms with van der Waals surface area (Å²) in [5, 5.41) is 8.51. The van der Waals surface area contributed by atoms with Crippen molar-refractivity contribution in [1.82, 2.24) is 15.2 Å². The number of pyridine rings is 1. The van der Waals surface area contributed by atoms with Crippen molar-refractivity contribution >= 4 is 28.3 Å². The zero-order valence-electron chi connectivity index (χ0n) is 11.1. The monoisotopic (exact) mass is 280 g/mol. The normalized spacial score (nSPS) is 17.1. The van der Waals surface area contributed by atoms with Crippen LogP contribution in [0, 0.1) is 0 Å². The van der Waals surface area contributed by atoms with Crippen molar-refractivity contribution in [3.05, 3.63) is 18.0 Å². The largest absolute Gasteiger partial charge is 0.378 e. The lowest BCUT2D eigenvalue weighted by Gasteiger charge is -2.26. The lowest BCUT2D eigenvalue weighted by molar-refractivity contribution is 0.122. The molecule has 1 fully saturated rings. The summed E-state index contributed by atoms with van der Waals surface area (Å²) in [6.07, 6.45) is 1.85. The Balaban J connectivity index is 2.00. The Morgan fingerprint density at radius 2 is 2.11 bits per heavy atom. The van der Waals surface area contributed by atoms with Gasteiger partial charge in [0.25, 0.3) is 0 Å². The van der Waals surface area contributed by atoms with Gasteiger partial charge in [-0.1, -0.05) is 0 Å². The summed E-state index contributed by atoms with van der Waals surface area (Å²) in [5.41, 5.74) is 1.82. The molecule has 0 bridgehead atoms. The maximum Gasteiger partial charge on any atom is 0.160 e. The highest BCUT2D eigenvalue weighted by Crippen LogP contribution is 2.30. The number of morpholine rings is 1. The number of nitrogens with zero attached hydrogens (tertiary/aromatic N) is 3. The number of fused-ring (bicyclic) bond motifs is 1. The number of ether oxygens (including phenoxy) is 1. The molecule has 3 rings (SSSR count). The second kappa shape index (κ2) is 4.65. The molecule has 0 aromatic carbocycles. The zero-order chi connectivity index (χ0) is 13.5. The molecule has 2 aromatic heterocycles. The fraction of sp³-hybridized carbons (Fsp3) is 0.538. The molecule has 3 heterocycles. The summed E-state index contributed by atoms with van der Waals surface area (Å²) < 4.78 is 5.36. The molecule has 1 aliphatic rings. The number of nitrogens with one attached hydrogen (secondary N) is 1. The van der Waals surface area contributed by atoms with Crippen molar-refractivity contribution in [2.75, 3.05) is 31.2 Å². The van der Waals surface area contributed by atoms with E-state index in [0.717, 1.165) is 48.7 Å². The van der Waals surface area contributed by atoms with Crippen LogP contribution in [0.4, 0.5) is 5.82 Å². The second-order valence-corrected chi connectivity index (χ2v) is 6.18. The SMILES string of the molecule is CC(C)(Cl)c1cc2[nH]nc(N3CCOCC3)c2cn1. The Bertz CT molecular complexity index is 584. The number of hydrogen-bond acceptors (Lipinski definition) is 4. The summed E-state index contributed by atoms with van der Waals surface area (Å²) >= 11 is 6.29. The molecule has 5 nitrogen and oxygen atoms in total. The molecule has 0 atom stereocenters. The van der Waals surface area contributed by atoms with Crippen molar-refractivity contribution in [1.29, 1.82) is 0 Å². The van der Waals surface area contributed by atoms with Crippen molar-refractivity contribution < 1.29 is 4.74 Å². The Kier molecular flexibility index (Phi) is 3.11. The lowest BCUT2D eigenvalue weighted by atomic mass is 10.1. The molecular formula is C13H17ClN4O. The first-order chi connectivity index (χ1) is 9.05. The van der Waals surface area contributed by atoms with Crippen LogP contribution < -0.4 is 4.90 Å². The van der Waals surface area contributed by atoms with Gasteiger partial charge in [0, 0.05) is 19.3 Å². The van der Waals surface area contributed by atoms with E-state index in [4.69, 9.17) is 16.3 Å². The molecule has 0 radical (unpaired) electrons. The molecular weight excluding hydrogens is 264 g/mol. The Morgan fingerprint density at radius 1 is 1.37 bits per heavy atom. The third-order valence-electron chi connectivity index (χ3n) is 3.35. The first-order valence-corrected chi connectivity index (χ1v) is 6.80. The Morgan fingerprint density at radius 3 is 2.79 bits per heavy atom. The highest BCUT2D eigenvalue weighted by molar-refractivity contribution is 6.23. The molecule has 0 saturated carbocycles. The molecule has 0 aliphatic carbocycles. The quantitative estimate of drug-likeness (QED) is 0.858. The second-order valence-electron chi connectivity index (χ2n) is 5.23. The maximum absolute atomic E-state index is 6.29. The standard InChI is InChI=1S/C13H17ClN4O/c1-13(2,14)11-7-10-9(8-15-11)12(17-16-10)18-3-5-19-6-4-18/h7-8H,3-6H2,1-2H3,(H,16,17). The molecule has 0 unspecified atom stereocenters. The van der Waals surface area contributed by atoms with Gasteiger partial charge in [-0.05, 0) is 19.9 Å². The molecule has 0 spiro atoms. The molecule has 2 aromatic rings. The highest BCUT2D eigenvalue weighted by Gasteiger charge is 2.21. The topological polar surface area (TPSA) is 54.0 Å². The van der Waals surface area contributed by atoms with E-state index in [1.807, 2.05) is 26.1 Å². The van der Waals surface area contributed by atoms with Crippen LogP contribution in [0.2, 0.25) is 0 Å². The number of aromatic amines is 1. The van der Waals surface area contributed by atoms with E-state index in [2.05, 4.69) is 20.1 Å². The van der Waals surface area contributed by atoms with E-state index >= 15 is 0 Å². The van der Waals surface area contributed by atoms with Gasteiger partial charge in [-0.3, -0.25) is 10.1 Å². The molecule has 6 heteroatoms. The summed E-state index contributed by atoms with van der Waals surface area (Å²) in [6.45, 7) is 7.08. The van der Waals surface area contributed by atoms with Crippen LogP contribution >= 0.6 is 11.6 Å². The van der Waals surface area contributed by atoms with Gasteiger partial charge in [0.05, 0.1) is 34.7 Å². The minimum atomic E-state index is -0.474. The number of alkyl halides is 1. The number of aromatic nitrogens is 3. The van der Waals surface area contributed by atoms with Crippen LogP contribution in [0.1, 0.15) is 19.5 Å². The summed E-state index contributed by atoms with van der Waals surface area (Å²) in [4.78, 5) is 6.20. The first kappa shape index (κ1) is 12.7. The zero-order valence-corrected chi connectivity index (χ0v) is 11.9. The molecule has 19 heavy (non-hydrogen) atoms. The number of H-pyrrole nitrogens is 1. The maximum atomic E-state index is 6.29. The van der Waals surface area contributed by atoms with E-state index in [1.54, 1.807) is 0 Å². The van der Waals surface area contributed by atoms with Crippen LogP contribution in [-0.4, -0.2) is 41.5 Å². The third-order valence-corrected chi connectivity index (χ3v) is 3.54. The van der Waals surface area contributed by atoms with Gasteiger partial charge < -0.3 is 9.64 Å². The highest BCUT2D eigenvalue weighted by atomic mass is 35.5. The average Bonchev–Trinajstić information content (AvgIpc) is 2.81. The smallest absolute Gasteiger partial charge is 0.160 e. The van der Waals surface area contributed by atoms with Gasteiger partial charge >= 0.3 is 0 Å². The van der Waals surface area contributed by atoms with Gasteiger partial charge in [0.15, 0.2) is 5.82 Å². The van der Waals surface area contributed by atoms with Crippen molar-refractivity contribution in [2.45, 2.75) is 18.7 Å². The van der Waals surface area contributed by atoms with Gasteiger partial charge in [-0.2, -0.15) is 5.10 Å². The van der Waals surface area contributed by atoms with Gasteiger partial charge in [0.2, 0.25) is 0 Å². The Hall–Kier alpha value is -1.33. The summed E-state index contributed by atoms with van der Waals surface area (Å²) in [5.74, 6) is 0.949. The van der Waals surface area contributed by atoms with E-state index in [9.17, 15) is 0 Å². The first-order valence-electron chi connectivity index (χ1n) is 6.42. The minimum Gasteiger partial charge on any atom is -0.378 e. The van der Waals surface area contributed by atoms with Crippen molar-refractivity contribution in [2.24, 2.45) is 0 Å². The van der Waals surface area contributed by atoms with E-state index < -0.39 is 4.87 Å². The van der Waals surface area contributed by atoms with Gasteiger partial charge in [0.1, 0.15) is 0 Å². The third kappa shape index (κ3) is 2.40. The molecule has 1 N–H and O–H groups in total. The Labute approximate surface area is 116 Å². The van der Waals surface area contributed by atoms with E-state index in [-0.39, 0.29) is 0 Å². The predicted molar refractivity (Wildman–Crippen MR) is 75.8 cm³/mol. The van der Waals surface area contributed by atoms with Gasteiger partial charge in [-0.15, -0.1) is 11.6 Å². The van der Waals surface area contributed by atoms with Crippen LogP contribution in [0.5, 0.6) is 0 Å².